The van der Waals surface area contributed by atoms with E-state index in [0.717, 1.165) is 19.3 Å². The first-order chi connectivity index (χ1) is 12.6. The highest BCUT2D eigenvalue weighted by Crippen LogP contribution is 2.20. The number of halogens is 1. The number of para-hydroxylation sites is 1. The lowest BCUT2D eigenvalue weighted by atomic mass is 10.1. The average molecular weight is 388 g/mol. The van der Waals surface area contributed by atoms with E-state index in [1.54, 1.807) is 18.2 Å². The van der Waals surface area contributed by atoms with E-state index >= 15 is 0 Å². The Morgan fingerprint density at radius 2 is 1.70 bits per heavy atom. The molecule has 2 amide bonds. The molecule has 1 aliphatic rings. The molecular formula is C21H26ClN3O2. The minimum Gasteiger partial charge on any atom is -0.352 e. The van der Waals surface area contributed by atoms with Crippen LogP contribution in [0.3, 0.4) is 0 Å². The van der Waals surface area contributed by atoms with Crippen molar-refractivity contribution in [1.82, 2.24) is 10.6 Å². The third-order valence-electron chi connectivity index (χ3n) is 4.43. The van der Waals surface area contributed by atoms with E-state index in [-0.39, 0.29) is 30.3 Å². The first kappa shape index (κ1) is 20.9. The van der Waals surface area contributed by atoms with Gasteiger partial charge < -0.3 is 16.0 Å². The lowest BCUT2D eigenvalue weighted by molar-refractivity contribution is -0.117. The number of carbonyl (C=O) groups excluding carboxylic acids is 2. The second kappa shape index (κ2) is 10.1. The second-order valence-electron chi connectivity index (χ2n) is 6.69. The molecule has 0 saturated heterocycles. The van der Waals surface area contributed by atoms with Gasteiger partial charge in [-0.25, -0.2) is 0 Å². The molecule has 3 N–H and O–H groups in total. The van der Waals surface area contributed by atoms with Crippen LogP contribution in [0, 0.1) is 0 Å². The van der Waals surface area contributed by atoms with Crippen LogP contribution in [0.5, 0.6) is 0 Å². The predicted molar refractivity (Wildman–Crippen MR) is 110 cm³/mol. The smallest absolute Gasteiger partial charge is 0.253 e. The van der Waals surface area contributed by atoms with Crippen LogP contribution in [0.15, 0.2) is 54.6 Å². The molecule has 0 heterocycles. The first-order valence-electron chi connectivity index (χ1n) is 9.11. The number of rotatable bonds is 8. The molecule has 1 saturated carbocycles. The summed E-state index contributed by atoms with van der Waals surface area (Å²) in [6, 6.07) is 17.3. The van der Waals surface area contributed by atoms with Crippen LogP contribution in [0.4, 0.5) is 5.69 Å². The molecule has 0 aliphatic heterocycles. The monoisotopic (exact) mass is 387 g/mol. The SMILES string of the molecule is CC(NC1CC1)C(=O)Nc1ccccc1C(=O)NCCc1ccccc1.Cl. The number of nitrogens with one attached hydrogen (secondary N) is 3. The standard InChI is InChI=1S/C21H25N3O2.ClH/c1-15(23-17-11-12-17)20(25)24-19-10-6-5-9-18(19)21(26)22-14-13-16-7-3-2-4-8-16;/h2-10,15,17,23H,11-14H2,1H3,(H,22,26)(H,24,25);1H. The summed E-state index contributed by atoms with van der Waals surface area (Å²) < 4.78 is 0. The van der Waals surface area contributed by atoms with Gasteiger partial charge in [0.05, 0.1) is 17.3 Å². The van der Waals surface area contributed by atoms with Crippen LogP contribution in [0.1, 0.15) is 35.7 Å². The Bertz CT molecular complexity index is 763. The van der Waals surface area contributed by atoms with Crippen LogP contribution in [-0.4, -0.2) is 30.4 Å². The number of amides is 2. The van der Waals surface area contributed by atoms with Gasteiger partial charge in [0.25, 0.3) is 5.91 Å². The van der Waals surface area contributed by atoms with Crippen molar-refractivity contribution in [1.29, 1.82) is 0 Å². The molecule has 1 atom stereocenters. The summed E-state index contributed by atoms with van der Waals surface area (Å²) in [5, 5.41) is 9.06. The minimum absolute atomic E-state index is 0. The molecule has 1 unspecified atom stereocenters. The zero-order chi connectivity index (χ0) is 18.4. The van der Waals surface area contributed by atoms with E-state index in [0.29, 0.717) is 23.8 Å². The van der Waals surface area contributed by atoms with Crippen molar-refractivity contribution in [3.63, 3.8) is 0 Å². The van der Waals surface area contributed by atoms with Gasteiger partial charge in [0.15, 0.2) is 0 Å². The van der Waals surface area contributed by atoms with Crippen LogP contribution in [-0.2, 0) is 11.2 Å². The molecule has 2 aromatic carbocycles. The molecule has 0 aromatic heterocycles. The van der Waals surface area contributed by atoms with Gasteiger partial charge in [0, 0.05) is 12.6 Å². The fraction of sp³-hybridized carbons (Fsp3) is 0.333. The summed E-state index contributed by atoms with van der Waals surface area (Å²) >= 11 is 0. The van der Waals surface area contributed by atoms with Crippen LogP contribution in [0.2, 0.25) is 0 Å². The summed E-state index contributed by atoms with van der Waals surface area (Å²) in [5.74, 6) is -0.305. The van der Waals surface area contributed by atoms with Crippen LogP contribution >= 0.6 is 12.4 Å². The summed E-state index contributed by atoms with van der Waals surface area (Å²) in [6.45, 7) is 2.39. The van der Waals surface area contributed by atoms with Gasteiger partial charge in [-0.15, -0.1) is 12.4 Å². The molecule has 27 heavy (non-hydrogen) atoms. The number of anilines is 1. The largest absolute Gasteiger partial charge is 0.352 e. The van der Waals surface area contributed by atoms with Gasteiger partial charge in [-0.2, -0.15) is 0 Å². The van der Waals surface area contributed by atoms with Gasteiger partial charge >= 0.3 is 0 Å². The summed E-state index contributed by atoms with van der Waals surface area (Å²) in [7, 11) is 0. The highest BCUT2D eigenvalue weighted by atomic mass is 35.5. The third kappa shape index (κ3) is 6.38. The van der Waals surface area contributed by atoms with Crippen molar-refractivity contribution in [2.45, 2.75) is 38.3 Å². The Morgan fingerprint density at radius 3 is 2.41 bits per heavy atom. The molecule has 2 aromatic rings. The molecule has 5 nitrogen and oxygen atoms in total. The first-order valence-corrected chi connectivity index (χ1v) is 9.11. The van der Waals surface area contributed by atoms with Gasteiger partial charge in [-0.1, -0.05) is 42.5 Å². The lowest BCUT2D eigenvalue weighted by Crippen LogP contribution is -2.39. The van der Waals surface area contributed by atoms with Gasteiger partial charge in [-0.05, 0) is 43.9 Å². The minimum atomic E-state index is -0.281. The Morgan fingerprint density at radius 1 is 1.04 bits per heavy atom. The Hall–Kier alpha value is -2.37. The second-order valence-corrected chi connectivity index (χ2v) is 6.69. The summed E-state index contributed by atoms with van der Waals surface area (Å²) in [5.41, 5.74) is 2.20. The Kier molecular flexibility index (Phi) is 7.82. The van der Waals surface area contributed by atoms with Gasteiger partial charge in [0.2, 0.25) is 5.91 Å². The maximum Gasteiger partial charge on any atom is 0.253 e. The molecule has 3 rings (SSSR count). The van der Waals surface area contributed by atoms with Crippen molar-refractivity contribution >= 4 is 29.9 Å². The zero-order valence-corrected chi connectivity index (χ0v) is 16.2. The van der Waals surface area contributed by atoms with Crippen molar-refractivity contribution in [2.75, 3.05) is 11.9 Å². The van der Waals surface area contributed by atoms with Crippen LogP contribution < -0.4 is 16.0 Å². The fourth-order valence-corrected chi connectivity index (χ4v) is 2.77. The quantitative estimate of drug-likeness (QED) is 0.651. The predicted octanol–water partition coefficient (Wildman–Crippen LogP) is 3.16. The number of benzene rings is 2. The molecular weight excluding hydrogens is 362 g/mol. The Labute approximate surface area is 166 Å². The lowest BCUT2D eigenvalue weighted by Gasteiger charge is -2.16. The van der Waals surface area contributed by atoms with Gasteiger partial charge in [0.1, 0.15) is 0 Å². The molecule has 6 heteroatoms. The molecule has 0 spiro atoms. The van der Waals surface area contributed by atoms with E-state index in [1.807, 2.05) is 43.3 Å². The molecule has 0 radical (unpaired) electrons. The third-order valence-corrected chi connectivity index (χ3v) is 4.43. The van der Waals surface area contributed by atoms with E-state index < -0.39 is 0 Å². The highest BCUT2D eigenvalue weighted by molar-refractivity contribution is 6.04. The zero-order valence-electron chi connectivity index (χ0n) is 15.4. The highest BCUT2D eigenvalue weighted by Gasteiger charge is 2.26. The van der Waals surface area contributed by atoms with Crippen LogP contribution in [0.25, 0.3) is 0 Å². The van der Waals surface area contributed by atoms with E-state index in [2.05, 4.69) is 16.0 Å². The number of carbonyl (C=O) groups is 2. The van der Waals surface area contributed by atoms with Crippen molar-refractivity contribution in [3.8, 4) is 0 Å². The summed E-state index contributed by atoms with van der Waals surface area (Å²) in [4.78, 5) is 24.9. The fourth-order valence-electron chi connectivity index (χ4n) is 2.77. The normalized spacial score (nSPS) is 14.0. The van der Waals surface area contributed by atoms with E-state index in [4.69, 9.17) is 0 Å². The number of hydrogen-bond donors (Lipinski definition) is 3. The molecule has 1 aliphatic carbocycles. The maximum atomic E-state index is 12.5. The summed E-state index contributed by atoms with van der Waals surface area (Å²) in [6.07, 6.45) is 3.01. The van der Waals surface area contributed by atoms with Crippen molar-refractivity contribution < 1.29 is 9.59 Å². The topological polar surface area (TPSA) is 70.2 Å². The Balaban J connectivity index is 0.00000261. The molecule has 144 valence electrons. The van der Waals surface area contributed by atoms with Gasteiger partial charge in [-0.3, -0.25) is 9.59 Å². The molecule has 0 bridgehead atoms. The van der Waals surface area contributed by atoms with E-state index in [1.165, 1.54) is 5.56 Å². The maximum absolute atomic E-state index is 12.5. The number of hydrogen-bond acceptors (Lipinski definition) is 3. The molecule has 1 fully saturated rings. The van der Waals surface area contributed by atoms with Crippen molar-refractivity contribution in [2.24, 2.45) is 0 Å². The van der Waals surface area contributed by atoms with Crippen molar-refractivity contribution in [3.05, 3.63) is 65.7 Å². The van der Waals surface area contributed by atoms with E-state index in [9.17, 15) is 9.59 Å². The average Bonchev–Trinajstić information content (AvgIpc) is 3.47.